The van der Waals surface area contributed by atoms with E-state index in [1.807, 2.05) is 0 Å². The van der Waals surface area contributed by atoms with Gasteiger partial charge in [-0.1, -0.05) is 68.7 Å². The Hall–Kier alpha value is -0.120. The predicted octanol–water partition coefficient (Wildman–Crippen LogP) is 9.68. The largest absolute Gasteiger partial charge is 0.381 e. The first kappa shape index (κ1) is 32.8. The zero-order chi connectivity index (χ0) is 29.2. The van der Waals surface area contributed by atoms with Gasteiger partial charge in [-0.25, -0.2) is 0 Å². The maximum Gasteiger partial charge on any atom is 0.0731 e. The topological polar surface area (TPSA) is 30.5 Å². The Morgan fingerprint density at radius 2 is 1.25 bits per heavy atom. The summed E-state index contributed by atoms with van der Waals surface area (Å²) in [5.74, 6) is 5.04. The molecule has 6 atom stereocenters. The highest BCUT2D eigenvalue weighted by Gasteiger charge is 2.44. The zero-order valence-corrected chi connectivity index (χ0v) is 28.4. The van der Waals surface area contributed by atoms with Gasteiger partial charge in [0.25, 0.3) is 0 Å². The molecule has 234 valence electrons. The van der Waals surface area contributed by atoms with Crippen LogP contribution >= 0.6 is 0 Å². The molecule has 2 aliphatic heterocycles. The van der Waals surface area contributed by atoms with Crippen molar-refractivity contribution in [3.05, 3.63) is 0 Å². The van der Waals surface area contributed by atoms with Crippen molar-refractivity contribution in [1.82, 2.24) is 5.32 Å². The van der Waals surface area contributed by atoms with E-state index in [-0.39, 0.29) is 0 Å². The molecule has 6 unspecified atom stereocenters. The van der Waals surface area contributed by atoms with E-state index in [0.29, 0.717) is 33.8 Å². The Morgan fingerprint density at radius 3 is 1.75 bits per heavy atom. The van der Waals surface area contributed by atoms with Crippen molar-refractivity contribution in [1.29, 1.82) is 0 Å². The smallest absolute Gasteiger partial charge is 0.0731 e. The molecule has 4 aliphatic carbocycles. The minimum absolute atomic E-state index is 0.450. The van der Waals surface area contributed by atoms with Gasteiger partial charge in [-0.15, -0.1) is 0 Å². The van der Waals surface area contributed by atoms with Gasteiger partial charge in [0, 0.05) is 25.8 Å². The van der Waals surface area contributed by atoms with Crippen LogP contribution in [0.4, 0.5) is 0 Å². The van der Waals surface area contributed by atoms with Crippen molar-refractivity contribution in [2.75, 3.05) is 26.4 Å². The normalized spacial score (nSPS) is 36.2. The van der Waals surface area contributed by atoms with Gasteiger partial charge in [-0.05, 0) is 128 Å². The van der Waals surface area contributed by atoms with Crippen LogP contribution in [-0.2, 0) is 9.47 Å². The van der Waals surface area contributed by atoms with E-state index < -0.39 is 0 Å². The minimum atomic E-state index is 0.450. The van der Waals surface area contributed by atoms with Gasteiger partial charge in [0.2, 0.25) is 0 Å². The lowest BCUT2D eigenvalue weighted by atomic mass is 9.62. The first-order valence-corrected chi connectivity index (χ1v) is 17.6. The standard InChI is InChI=1S/C14H26O.C12H23NO.C11H20/c1-13(2,3)12-4-6-14(7-5-12)8-10-15-11-9-14;1-12(2,3)9-4-5-10-11(8-9)14-7-6-13-10;1-11(2,3)10-7-8-4-5-9(10)6-8/h12H,4-11H2,1-3H3;9-11,13H,4-8H2,1-3H3;8-10H,4-7H2,1-3H3. The molecule has 0 amide bonds. The van der Waals surface area contributed by atoms with Gasteiger partial charge < -0.3 is 14.8 Å². The summed E-state index contributed by atoms with van der Waals surface area (Å²) in [6, 6.07) is 0.641. The third kappa shape index (κ3) is 8.72. The van der Waals surface area contributed by atoms with Gasteiger partial charge >= 0.3 is 0 Å². The molecule has 6 rings (SSSR count). The molecular weight excluding hydrogens is 490 g/mol. The second-order valence-electron chi connectivity index (χ2n) is 18.2. The molecule has 6 aliphatic rings. The summed E-state index contributed by atoms with van der Waals surface area (Å²) in [6.07, 6.45) is 19.0. The predicted molar refractivity (Wildman–Crippen MR) is 171 cm³/mol. The fourth-order valence-electron chi connectivity index (χ4n) is 9.49. The van der Waals surface area contributed by atoms with Crippen LogP contribution in [0, 0.1) is 51.2 Å². The minimum Gasteiger partial charge on any atom is -0.381 e. The second kappa shape index (κ2) is 13.3. The molecule has 40 heavy (non-hydrogen) atoms. The monoisotopic (exact) mass is 560 g/mol. The molecule has 2 heterocycles. The molecule has 1 N–H and O–H groups in total. The zero-order valence-electron chi connectivity index (χ0n) is 28.4. The summed E-state index contributed by atoms with van der Waals surface area (Å²) in [5.41, 5.74) is 2.23. The van der Waals surface area contributed by atoms with Gasteiger partial charge in [0.15, 0.2) is 0 Å². The summed E-state index contributed by atoms with van der Waals surface area (Å²) in [6.45, 7) is 25.5. The Bertz CT molecular complexity index is 755. The fourth-order valence-corrected chi connectivity index (χ4v) is 9.49. The SMILES string of the molecule is CC(C)(C)C1CC2CCC1C2.CC(C)(C)C1CCC2(CCOCC2)CC1.CC(C)(C)C1CCC2NCCOC2C1. The third-order valence-electron chi connectivity index (χ3n) is 12.5. The molecule has 0 aromatic rings. The van der Waals surface area contributed by atoms with Crippen LogP contribution in [0.2, 0.25) is 0 Å². The van der Waals surface area contributed by atoms with Gasteiger partial charge in [-0.2, -0.15) is 0 Å². The molecule has 2 bridgehead atoms. The summed E-state index contributed by atoms with van der Waals surface area (Å²) >= 11 is 0. The van der Waals surface area contributed by atoms with Gasteiger partial charge in [0.05, 0.1) is 12.7 Å². The van der Waals surface area contributed by atoms with Crippen LogP contribution in [0.3, 0.4) is 0 Å². The van der Waals surface area contributed by atoms with Crippen molar-refractivity contribution >= 4 is 0 Å². The number of rotatable bonds is 0. The van der Waals surface area contributed by atoms with Crippen molar-refractivity contribution in [3.63, 3.8) is 0 Å². The summed E-state index contributed by atoms with van der Waals surface area (Å²) < 4.78 is 11.3. The Morgan fingerprint density at radius 1 is 0.600 bits per heavy atom. The fraction of sp³-hybridized carbons (Fsp3) is 1.00. The maximum atomic E-state index is 5.84. The number of hydrogen-bond acceptors (Lipinski definition) is 3. The Kier molecular flexibility index (Phi) is 10.9. The Labute approximate surface area is 250 Å². The number of ether oxygens (including phenoxy) is 2. The molecule has 1 spiro atoms. The second-order valence-corrected chi connectivity index (χ2v) is 18.2. The van der Waals surface area contributed by atoms with Crippen molar-refractivity contribution in [3.8, 4) is 0 Å². The molecule has 0 aromatic heterocycles. The van der Waals surface area contributed by atoms with Crippen LogP contribution in [0.15, 0.2) is 0 Å². The van der Waals surface area contributed by atoms with E-state index in [1.54, 1.807) is 6.42 Å². The molecule has 4 saturated carbocycles. The van der Waals surface area contributed by atoms with Crippen LogP contribution < -0.4 is 5.32 Å². The molecule has 3 nitrogen and oxygen atoms in total. The van der Waals surface area contributed by atoms with E-state index in [9.17, 15) is 0 Å². The van der Waals surface area contributed by atoms with Crippen LogP contribution in [0.5, 0.6) is 0 Å². The number of nitrogens with one attached hydrogen (secondary N) is 1. The van der Waals surface area contributed by atoms with Crippen LogP contribution in [0.25, 0.3) is 0 Å². The summed E-state index contributed by atoms with van der Waals surface area (Å²) in [7, 11) is 0. The van der Waals surface area contributed by atoms with Crippen molar-refractivity contribution < 1.29 is 9.47 Å². The van der Waals surface area contributed by atoms with Crippen molar-refractivity contribution in [2.45, 2.75) is 158 Å². The molecule has 2 saturated heterocycles. The highest BCUT2D eigenvalue weighted by molar-refractivity contribution is 4.95. The molecule has 0 aromatic carbocycles. The lowest BCUT2D eigenvalue weighted by Gasteiger charge is -2.46. The number of morpholine rings is 1. The summed E-state index contributed by atoms with van der Waals surface area (Å²) in [4.78, 5) is 0. The van der Waals surface area contributed by atoms with Gasteiger partial charge in [0.1, 0.15) is 0 Å². The lowest BCUT2D eigenvalue weighted by molar-refractivity contribution is -0.0519. The highest BCUT2D eigenvalue weighted by atomic mass is 16.5. The number of fused-ring (bicyclic) bond motifs is 3. The van der Waals surface area contributed by atoms with E-state index in [4.69, 9.17) is 9.47 Å². The molecule has 3 heteroatoms. The van der Waals surface area contributed by atoms with E-state index in [0.717, 1.165) is 56.0 Å². The van der Waals surface area contributed by atoms with E-state index in [1.165, 1.54) is 77.0 Å². The lowest BCUT2D eigenvalue weighted by Crippen LogP contribution is -2.52. The average Bonchev–Trinajstić information content (AvgIpc) is 3.53. The van der Waals surface area contributed by atoms with Crippen molar-refractivity contribution in [2.24, 2.45) is 51.2 Å². The van der Waals surface area contributed by atoms with E-state index in [2.05, 4.69) is 67.6 Å². The molecular formula is C37H69NO2. The molecule has 0 radical (unpaired) electrons. The van der Waals surface area contributed by atoms with Crippen LogP contribution in [0.1, 0.15) is 146 Å². The van der Waals surface area contributed by atoms with Gasteiger partial charge in [-0.3, -0.25) is 0 Å². The number of hydrogen-bond donors (Lipinski definition) is 1. The first-order valence-electron chi connectivity index (χ1n) is 17.6. The Balaban J connectivity index is 0.000000140. The average molecular weight is 560 g/mol. The first-order chi connectivity index (χ1) is 18.7. The van der Waals surface area contributed by atoms with E-state index >= 15 is 0 Å². The van der Waals surface area contributed by atoms with Crippen LogP contribution in [-0.4, -0.2) is 38.5 Å². The maximum absolute atomic E-state index is 5.84. The highest BCUT2D eigenvalue weighted by Crippen LogP contribution is 2.54. The third-order valence-corrected chi connectivity index (χ3v) is 12.5. The summed E-state index contributed by atoms with van der Waals surface area (Å²) in [5, 5.41) is 3.57. The molecule has 6 fully saturated rings. The quantitative estimate of drug-likeness (QED) is 0.320.